The van der Waals surface area contributed by atoms with E-state index in [-0.39, 0.29) is 11.8 Å². The molecule has 0 spiro atoms. The van der Waals surface area contributed by atoms with E-state index in [1.165, 1.54) is 30.5 Å². The molecule has 2 aliphatic rings. The summed E-state index contributed by atoms with van der Waals surface area (Å²) in [7, 11) is 0. The Kier molecular flexibility index (Phi) is 3.31. The Bertz CT molecular complexity index is 498. The summed E-state index contributed by atoms with van der Waals surface area (Å²) >= 11 is 0. The molecule has 0 aromatic heterocycles. The number of carbonyl (C=O) groups is 1. The van der Waals surface area contributed by atoms with Crippen molar-refractivity contribution in [2.45, 2.75) is 39.2 Å². The molecular weight excluding hydrogens is 236 g/mol. The highest BCUT2D eigenvalue weighted by atomic mass is 16.2. The first kappa shape index (κ1) is 12.7. The van der Waals surface area contributed by atoms with Crippen LogP contribution in [0.15, 0.2) is 18.2 Å². The maximum atomic E-state index is 12.4. The molecule has 1 aromatic carbocycles. The van der Waals surface area contributed by atoms with Crippen LogP contribution >= 0.6 is 0 Å². The Morgan fingerprint density at radius 2 is 2.05 bits per heavy atom. The number of amides is 1. The molecule has 2 unspecified atom stereocenters. The Morgan fingerprint density at radius 1 is 1.21 bits per heavy atom. The number of fused-ring (bicyclic) bond motifs is 1. The lowest BCUT2D eigenvalue weighted by atomic mass is 9.97. The Hall–Kier alpha value is -1.35. The van der Waals surface area contributed by atoms with Crippen LogP contribution in [0, 0.1) is 19.8 Å². The molecule has 2 heterocycles. The predicted molar refractivity (Wildman–Crippen MR) is 77.2 cm³/mol. The number of hydrogen-bond acceptors (Lipinski definition) is 2. The zero-order valence-corrected chi connectivity index (χ0v) is 11.8. The fourth-order valence-corrected chi connectivity index (χ4v) is 3.44. The van der Waals surface area contributed by atoms with Gasteiger partial charge in [0.05, 0.1) is 5.92 Å². The summed E-state index contributed by atoms with van der Waals surface area (Å²) in [6, 6.07) is 6.63. The molecule has 3 rings (SSSR count). The average Bonchev–Trinajstić information content (AvgIpc) is 2.95. The first-order valence-corrected chi connectivity index (χ1v) is 7.27. The van der Waals surface area contributed by atoms with Crippen LogP contribution in [0.5, 0.6) is 0 Å². The standard InChI is InChI=1S/C16H22N2O/c1-11-5-6-13(10-12(11)2)17-16(19)14-7-9-18-8-3-4-15(14)18/h5-6,10,14-15H,3-4,7-9H2,1-2H3,(H,17,19). The van der Waals surface area contributed by atoms with Crippen molar-refractivity contribution in [2.75, 3.05) is 18.4 Å². The van der Waals surface area contributed by atoms with Crippen LogP contribution in [0.3, 0.4) is 0 Å². The molecule has 0 bridgehead atoms. The van der Waals surface area contributed by atoms with Crippen LogP contribution in [0.1, 0.15) is 30.4 Å². The molecule has 2 atom stereocenters. The zero-order chi connectivity index (χ0) is 13.4. The summed E-state index contributed by atoms with van der Waals surface area (Å²) in [6.07, 6.45) is 3.45. The number of anilines is 1. The molecule has 0 aliphatic carbocycles. The van der Waals surface area contributed by atoms with Crippen molar-refractivity contribution in [1.82, 2.24) is 4.90 Å². The fraction of sp³-hybridized carbons (Fsp3) is 0.562. The van der Waals surface area contributed by atoms with Gasteiger partial charge in [0.25, 0.3) is 0 Å². The molecule has 1 aromatic rings. The second-order valence-electron chi connectivity index (χ2n) is 5.93. The SMILES string of the molecule is Cc1ccc(NC(=O)C2CCN3CCCC23)cc1C. The van der Waals surface area contributed by atoms with Gasteiger partial charge in [-0.15, -0.1) is 0 Å². The fourth-order valence-electron chi connectivity index (χ4n) is 3.44. The Balaban J connectivity index is 1.69. The minimum absolute atomic E-state index is 0.184. The highest BCUT2D eigenvalue weighted by Gasteiger charge is 2.40. The number of nitrogens with zero attached hydrogens (tertiary/aromatic N) is 1. The van der Waals surface area contributed by atoms with E-state index in [2.05, 4.69) is 36.2 Å². The molecule has 2 saturated heterocycles. The van der Waals surface area contributed by atoms with Crippen LogP contribution in [-0.4, -0.2) is 29.9 Å². The average molecular weight is 258 g/mol. The maximum absolute atomic E-state index is 12.4. The van der Waals surface area contributed by atoms with Crippen LogP contribution in [0.4, 0.5) is 5.69 Å². The van der Waals surface area contributed by atoms with Gasteiger partial charge in [0.2, 0.25) is 5.91 Å². The third-order valence-corrected chi connectivity index (χ3v) is 4.72. The van der Waals surface area contributed by atoms with Gasteiger partial charge in [0.1, 0.15) is 0 Å². The third-order valence-electron chi connectivity index (χ3n) is 4.72. The second-order valence-corrected chi connectivity index (χ2v) is 5.93. The van der Waals surface area contributed by atoms with E-state index < -0.39 is 0 Å². The molecule has 102 valence electrons. The van der Waals surface area contributed by atoms with E-state index in [1.807, 2.05) is 6.07 Å². The molecule has 3 heteroatoms. The molecule has 3 nitrogen and oxygen atoms in total. The first-order chi connectivity index (χ1) is 9.15. The monoisotopic (exact) mass is 258 g/mol. The zero-order valence-electron chi connectivity index (χ0n) is 11.8. The van der Waals surface area contributed by atoms with Crippen LogP contribution in [0.25, 0.3) is 0 Å². The lowest BCUT2D eigenvalue weighted by Gasteiger charge is -2.19. The van der Waals surface area contributed by atoms with Crippen molar-refractivity contribution < 1.29 is 4.79 Å². The van der Waals surface area contributed by atoms with E-state index in [4.69, 9.17) is 0 Å². The van der Waals surface area contributed by atoms with Gasteiger partial charge < -0.3 is 5.32 Å². The van der Waals surface area contributed by atoms with Crippen molar-refractivity contribution in [1.29, 1.82) is 0 Å². The number of hydrogen-bond donors (Lipinski definition) is 1. The van der Waals surface area contributed by atoms with Gasteiger partial charge in [-0.3, -0.25) is 9.69 Å². The summed E-state index contributed by atoms with van der Waals surface area (Å²) in [6.45, 7) is 6.45. The minimum Gasteiger partial charge on any atom is -0.326 e. The number of rotatable bonds is 2. The second kappa shape index (κ2) is 4.97. The van der Waals surface area contributed by atoms with Crippen molar-refractivity contribution in [3.63, 3.8) is 0 Å². The molecule has 2 aliphatic heterocycles. The van der Waals surface area contributed by atoms with Gasteiger partial charge >= 0.3 is 0 Å². The van der Waals surface area contributed by atoms with E-state index in [1.54, 1.807) is 0 Å². The summed E-state index contributed by atoms with van der Waals surface area (Å²) in [5.41, 5.74) is 3.43. The van der Waals surface area contributed by atoms with Crippen molar-refractivity contribution in [3.05, 3.63) is 29.3 Å². The minimum atomic E-state index is 0.184. The van der Waals surface area contributed by atoms with Crippen LogP contribution in [0.2, 0.25) is 0 Å². The molecule has 19 heavy (non-hydrogen) atoms. The van der Waals surface area contributed by atoms with Gasteiger partial charge in [-0.1, -0.05) is 6.07 Å². The van der Waals surface area contributed by atoms with E-state index in [0.29, 0.717) is 6.04 Å². The van der Waals surface area contributed by atoms with Gasteiger partial charge in [-0.05, 0) is 69.5 Å². The summed E-state index contributed by atoms with van der Waals surface area (Å²) in [4.78, 5) is 14.9. The highest BCUT2D eigenvalue weighted by Crippen LogP contribution is 2.33. The van der Waals surface area contributed by atoms with Crippen LogP contribution < -0.4 is 5.32 Å². The lowest BCUT2D eigenvalue weighted by molar-refractivity contribution is -0.120. The van der Waals surface area contributed by atoms with Crippen LogP contribution in [-0.2, 0) is 4.79 Å². The van der Waals surface area contributed by atoms with Gasteiger partial charge in [0, 0.05) is 11.7 Å². The molecule has 1 N–H and O–H groups in total. The van der Waals surface area contributed by atoms with Crippen molar-refractivity contribution in [2.24, 2.45) is 5.92 Å². The van der Waals surface area contributed by atoms with E-state index in [0.717, 1.165) is 18.7 Å². The number of benzene rings is 1. The highest BCUT2D eigenvalue weighted by molar-refractivity contribution is 5.93. The van der Waals surface area contributed by atoms with Gasteiger partial charge in [-0.25, -0.2) is 0 Å². The molecule has 2 fully saturated rings. The molecule has 0 saturated carbocycles. The quantitative estimate of drug-likeness (QED) is 0.884. The Morgan fingerprint density at radius 3 is 2.84 bits per heavy atom. The maximum Gasteiger partial charge on any atom is 0.229 e. The number of nitrogens with one attached hydrogen (secondary N) is 1. The third kappa shape index (κ3) is 2.39. The molecular formula is C16H22N2O. The Labute approximate surface area is 115 Å². The van der Waals surface area contributed by atoms with Gasteiger partial charge in [0.15, 0.2) is 0 Å². The molecule has 0 radical (unpaired) electrons. The molecule has 1 amide bonds. The summed E-state index contributed by atoms with van der Waals surface area (Å²) in [5.74, 6) is 0.391. The van der Waals surface area contributed by atoms with Gasteiger partial charge in [-0.2, -0.15) is 0 Å². The predicted octanol–water partition coefficient (Wildman–Crippen LogP) is 2.73. The van der Waals surface area contributed by atoms with Crippen molar-refractivity contribution >= 4 is 11.6 Å². The lowest BCUT2D eigenvalue weighted by Crippen LogP contribution is -2.33. The summed E-state index contributed by atoms with van der Waals surface area (Å²) < 4.78 is 0. The van der Waals surface area contributed by atoms with E-state index >= 15 is 0 Å². The topological polar surface area (TPSA) is 32.3 Å². The largest absolute Gasteiger partial charge is 0.326 e. The normalized spacial score (nSPS) is 26.4. The first-order valence-electron chi connectivity index (χ1n) is 7.27. The summed E-state index contributed by atoms with van der Waals surface area (Å²) in [5, 5.41) is 3.10. The number of aryl methyl sites for hydroxylation is 2. The van der Waals surface area contributed by atoms with Crippen molar-refractivity contribution in [3.8, 4) is 0 Å². The van der Waals surface area contributed by atoms with E-state index in [9.17, 15) is 4.79 Å². The number of carbonyl (C=O) groups excluding carboxylic acids is 1. The smallest absolute Gasteiger partial charge is 0.229 e.